The van der Waals surface area contributed by atoms with Crippen molar-refractivity contribution in [3.63, 3.8) is 0 Å². The molecule has 8 aromatic carbocycles. The van der Waals surface area contributed by atoms with Crippen LogP contribution >= 0.6 is 11.6 Å². The van der Waals surface area contributed by atoms with Gasteiger partial charge in [0.15, 0.2) is 11.6 Å². The molecule has 9 aromatic rings. The monoisotopic (exact) mass is 645 g/mol. The zero-order chi connectivity index (χ0) is 32.7. The van der Waals surface area contributed by atoms with Crippen molar-refractivity contribution in [2.24, 2.45) is 0 Å². The van der Waals surface area contributed by atoms with Crippen molar-refractivity contribution < 1.29 is 0 Å². The van der Waals surface area contributed by atoms with Crippen LogP contribution in [0, 0.1) is 0 Å². The highest BCUT2D eigenvalue weighted by Gasteiger charge is 2.17. The Labute approximate surface area is 289 Å². The third kappa shape index (κ3) is 5.31. The molecular formula is C45H28ClN3. The maximum atomic E-state index is 6.66. The van der Waals surface area contributed by atoms with Crippen LogP contribution in [-0.4, -0.2) is 15.0 Å². The molecule has 230 valence electrons. The molecule has 0 saturated carbocycles. The molecule has 0 fully saturated rings. The highest BCUT2D eigenvalue weighted by Crippen LogP contribution is 2.40. The Morgan fingerprint density at radius 3 is 1.71 bits per heavy atom. The van der Waals surface area contributed by atoms with Crippen molar-refractivity contribution in [3.8, 4) is 56.2 Å². The predicted octanol–water partition coefficient (Wildman–Crippen LogP) is 12.3. The van der Waals surface area contributed by atoms with Gasteiger partial charge in [-0.1, -0.05) is 152 Å². The third-order valence-corrected chi connectivity index (χ3v) is 9.40. The minimum absolute atomic E-state index is 0.159. The number of fused-ring (bicyclic) bond motifs is 4. The van der Waals surface area contributed by atoms with Gasteiger partial charge in [-0.25, -0.2) is 4.98 Å². The van der Waals surface area contributed by atoms with Gasteiger partial charge in [-0.3, -0.25) is 0 Å². The normalized spacial score (nSPS) is 11.4. The van der Waals surface area contributed by atoms with E-state index in [0.717, 1.165) is 38.4 Å². The van der Waals surface area contributed by atoms with Crippen molar-refractivity contribution >= 4 is 43.9 Å². The fourth-order valence-corrected chi connectivity index (χ4v) is 7.15. The lowest BCUT2D eigenvalue weighted by Crippen LogP contribution is -1.98. The summed E-state index contributed by atoms with van der Waals surface area (Å²) < 4.78 is 0. The summed E-state index contributed by atoms with van der Waals surface area (Å²) in [6, 6.07) is 59.6. The van der Waals surface area contributed by atoms with Crippen molar-refractivity contribution in [2.75, 3.05) is 0 Å². The Kier molecular flexibility index (Phi) is 7.18. The van der Waals surface area contributed by atoms with Crippen molar-refractivity contribution in [1.82, 2.24) is 15.0 Å². The molecule has 0 spiro atoms. The van der Waals surface area contributed by atoms with Crippen LogP contribution in [0.3, 0.4) is 0 Å². The van der Waals surface area contributed by atoms with Crippen LogP contribution in [0.4, 0.5) is 0 Å². The first-order valence-electron chi connectivity index (χ1n) is 16.3. The highest BCUT2D eigenvalue weighted by molar-refractivity contribution is 6.28. The lowest BCUT2D eigenvalue weighted by Gasteiger charge is -2.15. The van der Waals surface area contributed by atoms with E-state index in [-0.39, 0.29) is 5.28 Å². The zero-order valence-electron chi connectivity index (χ0n) is 26.4. The Morgan fingerprint density at radius 1 is 0.327 bits per heavy atom. The van der Waals surface area contributed by atoms with Crippen LogP contribution in [0.15, 0.2) is 170 Å². The molecule has 0 amide bonds. The largest absolute Gasteiger partial charge is 0.226 e. The second-order valence-corrected chi connectivity index (χ2v) is 12.5. The average molecular weight is 646 g/mol. The van der Waals surface area contributed by atoms with Gasteiger partial charge in [0.25, 0.3) is 0 Å². The molecule has 1 aromatic heterocycles. The maximum Gasteiger partial charge on any atom is 0.226 e. The predicted molar refractivity (Wildman–Crippen MR) is 205 cm³/mol. The van der Waals surface area contributed by atoms with E-state index in [2.05, 4.69) is 162 Å². The van der Waals surface area contributed by atoms with Gasteiger partial charge in [0.2, 0.25) is 5.28 Å². The fourth-order valence-electron chi connectivity index (χ4n) is 6.99. The fraction of sp³-hybridized carbons (Fsp3) is 0. The zero-order valence-corrected chi connectivity index (χ0v) is 27.1. The van der Waals surface area contributed by atoms with Gasteiger partial charge in [-0.2, -0.15) is 9.97 Å². The molecule has 1 heterocycles. The van der Waals surface area contributed by atoms with E-state index in [1.165, 1.54) is 38.4 Å². The first kappa shape index (κ1) is 29.0. The van der Waals surface area contributed by atoms with Crippen LogP contribution in [-0.2, 0) is 0 Å². The van der Waals surface area contributed by atoms with Gasteiger partial charge < -0.3 is 0 Å². The number of hydrogen-bond acceptors (Lipinski definition) is 3. The van der Waals surface area contributed by atoms with E-state index in [4.69, 9.17) is 16.6 Å². The summed E-state index contributed by atoms with van der Waals surface area (Å²) in [6.07, 6.45) is 0. The van der Waals surface area contributed by atoms with Crippen molar-refractivity contribution in [3.05, 3.63) is 175 Å². The van der Waals surface area contributed by atoms with Gasteiger partial charge in [-0.05, 0) is 95.5 Å². The Bertz CT molecular complexity index is 2680. The molecule has 49 heavy (non-hydrogen) atoms. The van der Waals surface area contributed by atoms with Crippen LogP contribution in [0.2, 0.25) is 5.28 Å². The molecule has 0 saturated heterocycles. The Hall–Kier alpha value is -6.16. The maximum absolute atomic E-state index is 6.66. The second kappa shape index (κ2) is 12.1. The minimum Gasteiger partial charge on any atom is -0.208 e. The summed E-state index contributed by atoms with van der Waals surface area (Å²) in [5.74, 6) is 1.08. The molecule has 4 heteroatoms. The topological polar surface area (TPSA) is 38.7 Å². The molecular weight excluding hydrogens is 618 g/mol. The van der Waals surface area contributed by atoms with Gasteiger partial charge in [-0.15, -0.1) is 0 Å². The van der Waals surface area contributed by atoms with Crippen molar-refractivity contribution in [2.45, 2.75) is 0 Å². The number of benzene rings is 8. The quantitative estimate of drug-likeness (QED) is 0.175. The van der Waals surface area contributed by atoms with Gasteiger partial charge in [0.1, 0.15) is 0 Å². The minimum atomic E-state index is 0.159. The summed E-state index contributed by atoms with van der Waals surface area (Å²) in [6.45, 7) is 0. The Balaban J connectivity index is 1.19. The summed E-state index contributed by atoms with van der Waals surface area (Å²) in [4.78, 5) is 14.3. The molecule has 3 nitrogen and oxygen atoms in total. The molecule has 9 rings (SSSR count). The van der Waals surface area contributed by atoms with E-state index in [1.807, 2.05) is 18.2 Å². The first-order chi connectivity index (χ1) is 24.2. The summed E-state index contributed by atoms with van der Waals surface area (Å²) >= 11 is 6.66. The van der Waals surface area contributed by atoms with E-state index >= 15 is 0 Å². The van der Waals surface area contributed by atoms with Crippen LogP contribution in [0.5, 0.6) is 0 Å². The molecule has 0 aliphatic rings. The van der Waals surface area contributed by atoms with E-state index in [9.17, 15) is 0 Å². The smallest absolute Gasteiger partial charge is 0.208 e. The second-order valence-electron chi connectivity index (χ2n) is 12.2. The van der Waals surface area contributed by atoms with Crippen molar-refractivity contribution in [1.29, 1.82) is 0 Å². The first-order valence-corrected chi connectivity index (χ1v) is 16.7. The number of aromatic nitrogens is 3. The number of rotatable bonds is 5. The number of nitrogens with zero attached hydrogens (tertiary/aromatic N) is 3. The average Bonchev–Trinajstić information content (AvgIpc) is 3.17. The highest BCUT2D eigenvalue weighted by atomic mass is 35.5. The molecule has 0 N–H and O–H groups in total. The molecule has 0 unspecified atom stereocenters. The third-order valence-electron chi connectivity index (χ3n) is 9.23. The molecule has 0 atom stereocenters. The van der Waals surface area contributed by atoms with E-state index in [0.29, 0.717) is 11.6 Å². The van der Waals surface area contributed by atoms with Gasteiger partial charge >= 0.3 is 0 Å². The van der Waals surface area contributed by atoms with Crippen LogP contribution in [0.25, 0.3) is 88.5 Å². The molecule has 0 radical (unpaired) electrons. The van der Waals surface area contributed by atoms with Gasteiger partial charge in [0.05, 0.1) is 0 Å². The van der Waals surface area contributed by atoms with E-state index < -0.39 is 0 Å². The molecule has 0 aliphatic heterocycles. The lowest BCUT2D eigenvalue weighted by molar-refractivity contribution is 1.07. The number of halogens is 1. The van der Waals surface area contributed by atoms with Crippen LogP contribution in [0.1, 0.15) is 0 Å². The van der Waals surface area contributed by atoms with Gasteiger partial charge in [0, 0.05) is 11.1 Å². The lowest BCUT2D eigenvalue weighted by atomic mass is 9.90. The van der Waals surface area contributed by atoms with E-state index in [1.54, 1.807) is 0 Å². The molecule has 0 aliphatic carbocycles. The summed E-state index contributed by atoms with van der Waals surface area (Å²) in [7, 11) is 0. The summed E-state index contributed by atoms with van der Waals surface area (Å²) in [5.41, 5.74) is 8.77. The standard InChI is InChI=1S/C45H28ClN3/c46-45-48-43(35-20-9-17-32(27-35)37-24-10-15-30-14-4-5-21-36(30)37)47-44(49-45)41-28-34-19-11-25-38(42(34)40-23-7-6-22-39(40)41)33-18-8-16-31(26-33)29-12-2-1-3-13-29/h1-28H. The SMILES string of the molecule is Clc1nc(-c2cccc(-c3cccc4ccccc34)c2)nc(-c2cc3cccc(-c4cccc(-c5ccccc5)c4)c3c3ccccc23)n1. The summed E-state index contributed by atoms with van der Waals surface area (Å²) in [5, 5.41) is 7.04. The molecule has 0 bridgehead atoms. The van der Waals surface area contributed by atoms with Crippen LogP contribution < -0.4 is 0 Å². The Morgan fingerprint density at radius 2 is 0.878 bits per heavy atom. The number of hydrogen-bond donors (Lipinski definition) is 0.